The summed E-state index contributed by atoms with van der Waals surface area (Å²) in [7, 11) is 0. The summed E-state index contributed by atoms with van der Waals surface area (Å²) in [4.78, 5) is 28.7. The van der Waals surface area contributed by atoms with Gasteiger partial charge in [0.25, 0.3) is 0 Å². The number of hydrogen-bond donors (Lipinski definition) is 0. The van der Waals surface area contributed by atoms with E-state index in [2.05, 4.69) is 34.7 Å². The van der Waals surface area contributed by atoms with E-state index in [9.17, 15) is 14.0 Å². The monoisotopic (exact) mass is 468 g/mol. The topological polar surface area (TPSA) is 49.9 Å². The van der Waals surface area contributed by atoms with Gasteiger partial charge in [0.15, 0.2) is 5.78 Å². The van der Waals surface area contributed by atoms with Crippen LogP contribution in [0.3, 0.4) is 0 Å². The number of piperidine rings is 1. The lowest BCUT2D eigenvalue weighted by atomic mass is 9.80. The molecule has 0 unspecified atom stereocenters. The van der Waals surface area contributed by atoms with Crippen LogP contribution in [0.4, 0.5) is 14.9 Å². The highest BCUT2D eigenvalue weighted by Crippen LogP contribution is 2.38. The molecule has 3 rings (SSSR count). The molecular formula is C22H30BrFN2O3. The second kappa shape index (κ2) is 8.25. The normalized spacial score (nSPS) is 23.6. The number of Topliss-reactive ketones (excluding diaryl/α,β-unsaturated/α-hetero) is 1. The van der Waals surface area contributed by atoms with Crippen LogP contribution < -0.4 is 4.90 Å². The van der Waals surface area contributed by atoms with Crippen LogP contribution in [-0.2, 0) is 4.74 Å². The zero-order valence-corrected chi connectivity index (χ0v) is 19.4. The van der Waals surface area contributed by atoms with Crippen molar-refractivity contribution in [1.82, 2.24) is 4.90 Å². The minimum Gasteiger partial charge on any atom is -0.444 e. The summed E-state index contributed by atoms with van der Waals surface area (Å²) < 4.78 is 20.6. The Kier molecular flexibility index (Phi) is 6.27. The van der Waals surface area contributed by atoms with E-state index < -0.39 is 11.4 Å². The van der Waals surface area contributed by atoms with Gasteiger partial charge in [-0.3, -0.25) is 4.79 Å². The number of fused-ring (bicyclic) bond motifs is 1. The molecule has 0 aliphatic carbocycles. The molecule has 0 saturated carbocycles. The molecule has 2 aliphatic rings. The zero-order chi connectivity index (χ0) is 21.5. The molecule has 0 radical (unpaired) electrons. The van der Waals surface area contributed by atoms with E-state index in [0.717, 1.165) is 6.42 Å². The minimum absolute atomic E-state index is 0.131. The minimum atomic E-state index is -0.508. The maximum atomic E-state index is 14.5. The largest absolute Gasteiger partial charge is 0.444 e. The van der Waals surface area contributed by atoms with Gasteiger partial charge in [0.1, 0.15) is 11.4 Å². The van der Waals surface area contributed by atoms with Crippen molar-refractivity contribution in [2.24, 2.45) is 11.8 Å². The molecular weight excluding hydrogens is 439 g/mol. The molecule has 5 nitrogen and oxygen atoms in total. The Balaban J connectivity index is 1.76. The second-order valence-electron chi connectivity index (χ2n) is 9.25. The zero-order valence-electron chi connectivity index (χ0n) is 17.8. The lowest BCUT2D eigenvalue weighted by Gasteiger charge is -2.45. The highest BCUT2D eigenvalue weighted by atomic mass is 79.9. The van der Waals surface area contributed by atoms with Crippen LogP contribution >= 0.6 is 15.9 Å². The van der Waals surface area contributed by atoms with Crippen molar-refractivity contribution in [3.05, 3.63) is 28.0 Å². The van der Waals surface area contributed by atoms with Crippen molar-refractivity contribution >= 4 is 33.5 Å². The predicted octanol–water partition coefficient (Wildman–Crippen LogP) is 5.26. The summed E-state index contributed by atoms with van der Waals surface area (Å²) in [6.45, 7) is 11.8. The number of halogens is 2. The summed E-state index contributed by atoms with van der Waals surface area (Å²) in [6, 6.07) is 3.32. The van der Waals surface area contributed by atoms with Crippen molar-refractivity contribution in [2.45, 2.75) is 59.1 Å². The molecule has 0 spiro atoms. The number of rotatable bonds is 2. The lowest BCUT2D eigenvalue weighted by Crippen LogP contribution is -2.52. The summed E-state index contributed by atoms with van der Waals surface area (Å²) in [5.41, 5.74) is 0.360. The summed E-state index contributed by atoms with van der Waals surface area (Å²) in [5.74, 6) is -0.00793. The van der Waals surface area contributed by atoms with Crippen LogP contribution in [0.1, 0.15) is 57.8 Å². The van der Waals surface area contributed by atoms with E-state index in [-0.39, 0.29) is 29.4 Å². The van der Waals surface area contributed by atoms with E-state index in [4.69, 9.17) is 4.74 Å². The van der Waals surface area contributed by atoms with E-state index >= 15 is 0 Å². The first-order valence-corrected chi connectivity index (χ1v) is 11.0. The Labute approximate surface area is 180 Å². The first kappa shape index (κ1) is 22.1. The van der Waals surface area contributed by atoms with E-state index in [1.54, 1.807) is 4.90 Å². The van der Waals surface area contributed by atoms with E-state index in [0.29, 0.717) is 42.1 Å². The number of ketones is 1. The molecule has 3 atom stereocenters. The Morgan fingerprint density at radius 1 is 1.31 bits per heavy atom. The molecule has 1 saturated heterocycles. The standard InChI is InChI=1S/C22H30BrFN2O3/c1-13-12-25(21(28)29-22(3,4)5)8-6-16(13)14(2)26-9-7-19(27)20-17(24)10-15(23)11-18(20)26/h10-11,13-14,16H,6-9,12H2,1-5H3/t13-,14+,16+/m1/s1. The number of likely N-dealkylation sites (tertiary alicyclic amines) is 1. The van der Waals surface area contributed by atoms with Crippen LogP contribution in [0.5, 0.6) is 0 Å². The number of hydrogen-bond acceptors (Lipinski definition) is 4. The third-order valence-corrected chi connectivity index (χ3v) is 6.39. The molecule has 160 valence electrons. The number of carbonyl (C=O) groups is 2. The van der Waals surface area contributed by atoms with Gasteiger partial charge in [-0.05, 0) is 58.1 Å². The van der Waals surface area contributed by atoms with Crippen molar-refractivity contribution in [2.75, 3.05) is 24.5 Å². The number of amides is 1. The summed E-state index contributed by atoms with van der Waals surface area (Å²) in [5, 5.41) is 0. The first-order chi connectivity index (χ1) is 13.5. The number of ether oxygens (including phenoxy) is 1. The van der Waals surface area contributed by atoms with E-state index in [1.807, 2.05) is 26.8 Å². The van der Waals surface area contributed by atoms with Gasteiger partial charge in [0.05, 0.1) is 11.3 Å². The van der Waals surface area contributed by atoms with Gasteiger partial charge >= 0.3 is 6.09 Å². The number of benzene rings is 1. The molecule has 1 aromatic rings. The van der Waals surface area contributed by atoms with Gasteiger partial charge < -0.3 is 14.5 Å². The molecule has 29 heavy (non-hydrogen) atoms. The van der Waals surface area contributed by atoms with Crippen molar-refractivity contribution in [3.8, 4) is 0 Å². The maximum Gasteiger partial charge on any atom is 0.410 e. The molecule has 7 heteroatoms. The Morgan fingerprint density at radius 2 is 2.00 bits per heavy atom. The maximum absolute atomic E-state index is 14.5. The van der Waals surface area contributed by atoms with Crippen molar-refractivity contribution in [1.29, 1.82) is 0 Å². The molecule has 2 aliphatic heterocycles. The molecule has 2 heterocycles. The first-order valence-electron chi connectivity index (χ1n) is 10.2. The average Bonchev–Trinajstić information content (AvgIpc) is 2.59. The van der Waals surface area contributed by atoms with Crippen LogP contribution in [0.15, 0.2) is 16.6 Å². The molecule has 0 N–H and O–H groups in total. The molecule has 1 fully saturated rings. The van der Waals surface area contributed by atoms with Crippen LogP contribution in [0.25, 0.3) is 0 Å². The van der Waals surface area contributed by atoms with E-state index in [1.165, 1.54) is 6.07 Å². The third-order valence-electron chi connectivity index (χ3n) is 5.94. The molecule has 0 bridgehead atoms. The highest BCUT2D eigenvalue weighted by molar-refractivity contribution is 9.10. The third kappa shape index (κ3) is 4.76. The number of anilines is 1. The van der Waals surface area contributed by atoms with Gasteiger partial charge in [-0.25, -0.2) is 9.18 Å². The van der Waals surface area contributed by atoms with Gasteiger partial charge in [-0.15, -0.1) is 0 Å². The smallest absolute Gasteiger partial charge is 0.410 e. The summed E-state index contributed by atoms with van der Waals surface area (Å²) in [6.07, 6.45) is 0.897. The summed E-state index contributed by atoms with van der Waals surface area (Å²) >= 11 is 3.36. The van der Waals surface area contributed by atoms with Crippen LogP contribution in [0, 0.1) is 17.7 Å². The number of nitrogens with zero attached hydrogens (tertiary/aromatic N) is 2. The van der Waals surface area contributed by atoms with Crippen molar-refractivity contribution in [3.63, 3.8) is 0 Å². The van der Waals surface area contributed by atoms with Crippen LogP contribution in [-0.4, -0.2) is 48.1 Å². The second-order valence-corrected chi connectivity index (χ2v) is 10.2. The van der Waals surface area contributed by atoms with Gasteiger partial charge in [0.2, 0.25) is 0 Å². The fourth-order valence-corrected chi connectivity index (χ4v) is 4.97. The Bertz CT molecular complexity index is 808. The van der Waals surface area contributed by atoms with Crippen LogP contribution in [0.2, 0.25) is 0 Å². The Morgan fingerprint density at radius 3 is 2.62 bits per heavy atom. The molecule has 0 aromatic heterocycles. The van der Waals surface area contributed by atoms with Gasteiger partial charge in [-0.1, -0.05) is 22.9 Å². The fraction of sp³-hybridized carbons (Fsp3) is 0.636. The fourth-order valence-electron chi connectivity index (χ4n) is 4.56. The van der Waals surface area contributed by atoms with Gasteiger partial charge in [0, 0.05) is 36.6 Å². The molecule has 1 aromatic carbocycles. The quantitative estimate of drug-likeness (QED) is 0.593. The number of carbonyl (C=O) groups excluding carboxylic acids is 2. The SMILES string of the molecule is C[C@@H]1CN(C(=O)OC(C)(C)C)CC[C@@H]1[C@H](C)N1CCC(=O)c2c(F)cc(Br)cc21. The van der Waals surface area contributed by atoms with Crippen molar-refractivity contribution < 1.29 is 18.7 Å². The Hall–Kier alpha value is -1.63. The highest BCUT2D eigenvalue weighted by Gasteiger charge is 2.38. The van der Waals surface area contributed by atoms with Gasteiger partial charge in [-0.2, -0.15) is 0 Å². The average molecular weight is 469 g/mol. The predicted molar refractivity (Wildman–Crippen MR) is 115 cm³/mol. The molecule has 1 amide bonds. The lowest BCUT2D eigenvalue weighted by molar-refractivity contribution is 0.00999.